The number of aromatic nitrogens is 3. The fourth-order valence-corrected chi connectivity index (χ4v) is 3.44. The molecule has 130 valence electrons. The SMILES string of the molecule is Cc1nc2c(cnn2C(C)C)cc1C(=O)N1CC(C)OC(C)(C)C1. The van der Waals surface area contributed by atoms with E-state index in [9.17, 15) is 4.79 Å². The van der Waals surface area contributed by atoms with Gasteiger partial charge in [0, 0.05) is 24.5 Å². The summed E-state index contributed by atoms with van der Waals surface area (Å²) < 4.78 is 7.78. The summed E-state index contributed by atoms with van der Waals surface area (Å²) in [7, 11) is 0. The molecule has 1 atom stereocenters. The third-order valence-corrected chi connectivity index (χ3v) is 4.34. The van der Waals surface area contributed by atoms with Crippen LogP contribution in [-0.4, -0.2) is 50.4 Å². The van der Waals surface area contributed by atoms with E-state index in [1.165, 1.54) is 0 Å². The van der Waals surface area contributed by atoms with Crippen LogP contribution in [0.3, 0.4) is 0 Å². The number of hydrogen-bond donors (Lipinski definition) is 0. The van der Waals surface area contributed by atoms with Crippen molar-refractivity contribution in [1.82, 2.24) is 19.7 Å². The lowest BCUT2D eigenvalue weighted by Gasteiger charge is -2.41. The van der Waals surface area contributed by atoms with Crippen LogP contribution >= 0.6 is 0 Å². The van der Waals surface area contributed by atoms with Crippen molar-refractivity contribution < 1.29 is 9.53 Å². The van der Waals surface area contributed by atoms with Gasteiger partial charge in [-0.2, -0.15) is 5.10 Å². The van der Waals surface area contributed by atoms with Crippen LogP contribution in [-0.2, 0) is 4.74 Å². The normalized spacial score (nSPS) is 20.8. The minimum Gasteiger partial charge on any atom is -0.369 e. The minimum absolute atomic E-state index is 0.0161. The maximum absolute atomic E-state index is 13.0. The van der Waals surface area contributed by atoms with Gasteiger partial charge in [-0.15, -0.1) is 0 Å². The number of pyridine rings is 1. The second-order valence-corrected chi connectivity index (χ2v) is 7.59. The summed E-state index contributed by atoms with van der Waals surface area (Å²) in [5, 5.41) is 5.29. The standard InChI is InChI=1S/C18H26N4O2/c1-11(2)22-16-14(8-19-22)7-15(13(4)20-16)17(23)21-9-12(3)24-18(5,6)10-21/h7-8,11-12H,9-10H2,1-6H3. The van der Waals surface area contributed by atoms with Gasteiger partial charge in [0.2, 0.25) is 0 Å². The van der Waals surface area contributed by atoms with E-state index in [1.54, 1.807) is 6.20 Å². The number of fused-ring (bicyclic) bond motifs is 1. The third-order valence-electron chi connectivity index (χ3n) is 4.34. The van der Waals surface area contributed by atoms with E-state index >= 15 is 0 Å². The lowest BCUT2D eigenvalue weighted by atomic mass is 10.0. The first-order valence-corrected chi connectivity index (χ1v) is 8.50. The van der Waals surface area contributed by atoms with E-state index in [0.717, 1.165) is 16.7 Å². The summed E-state index contributed by atoms with van der Waals surface area (Å²) in [6.45, 7) is 13.2. The smallest absolute Gasteiger partial charge is 0.255 e. The molecule has 1 unspecified atom stereocenters. The summed E-state index contributed by atoms with van der Waals surface area (Å²) in [6, 6.07) is 2.15. The molecule has 24 heavy (non-hydrogen) atoms. The Hall–Kier alpha value is -1.95. The Morgan fingerprint density at radius 3 is 2.75 bits per heavy atom. The first-order valence-electron chi connectivity index (χ1n) is 8.50. The lowest BCUT2D eigenvalue weighted by molar-refractivity contribution is -0.118. The van der Waals surface area contributed by atoms with Crippen molar-refractivity contribution >= 4 is 16.9 Å². The Balaban J connectivity index is 1.97. The van der Waals surface area contributed by atoms with Gasteiger partial charge in [0.15, 0.2) is 5.65 Å². The van der Waals surface area contributed by atoms with E-state index < -0.39 is 0 Å². The van der Waals surface area contributed by atoms with Crippen LogP contribution in [0.1, 0.15) is 56.7 Å². The molecule has 0 aromatic carbocycles. The van der Waals surface area contributed by atoms with Gasteiger partial charge in [-0.05, 0) is 47.6 Å². The number of nitrogens with zero attached hydrogens (tertiary/aromatic N) is 4. The maximum atomic E-state index is 13.0. The first kappa shape index (κ1) is 16.9. The van der Waals surface area contributed by atoms with Crippen LogP contribution < -0.4 is 0 Å². The van der Waals surface area contributed by atoms with Crippen LogP contribution in [0, 0.1) is 6.92 Å². The summed E-state index contributed by atoms with van der Waals surface area (Å²) in [4.78, 5) is 19.6. The molecule has 6 nitrogen and oxygen atoms in total. The molecule has 1 fully saturated rings. The number of ether oxygens (including phenoxy) is 1. The zero-order valence-electron chi connectivity index (χ0n) is 15.3. The van der Waals surface area contributed by atoms with Gasteiger partial charge in [-0.25, -0.2) is 9.67 Å². The molecule has 3 heterocycles. The highest BCUT2D eigenvalue weighted by Gasteiger charge is 2.34. The Morgan fingerprint density at radius 2 is 2.12 bits per heavy atom. The summed E-state index contributed by atoms with van der Waals surface area (Å²) in [5.74, 6) is 0.0161. The van der Waals surface area contributed by atoms with Crippen LogP contribution in [0.15, 0.2) is 12.3 Å². The highest BCUT2D eigenvalue weighted by molar-refractivity contribution is 5.98. The molecular formula is C18H26N4O2. The van der Waals surface area contributed by atoms with Crippen LogP contribution in [0.5, 0.6) is 0 Å². The molecule has 1 aliphatic heterocycles. The monoisotopic (exact) mass is 330 g/mol. The highest BCUT2D eigenvalue weighted by atomic mass is 16.5. The number of amides is 1. The number of hydrogen-bond acceptors (Lipinski definition) is 4. The van der Waals surface area contributed by atoms with E-state index in [0.29, 0.717) is 18.7 Å². The van der Waals surface area contributed by atoms with Crippen molar-refractivity contribution in [3.8, 4) is 0 Å². The highest BCUT2D eigenvalue weighted by Crippen LogP contribution is 2.25. The lowest BCUT2D eigenvalue weighted by Crippen LogP contribution is -2.53. The van der Waals surface area contributed by atoms with Gasteiger partial charge in [0.25, 0.3) is 5.91 Å². The van der Waals surface area contributed by atoms with Gasteiger partial charge in [0.05, 0.1) is 29.2 Å². The molecule has 0 N–H and O–H groups in total. The Morgan fingerprint density at radius 1 is 1.42 bits per heavy atom. The zero-order chi connectivity index (χ0) is 17.6. The van der Waals surface area contributed by atoms with Crippen molar-refractivity contribution in [2.75, 3.05) is 13.1 Å². The van der Waals surface area contributed by atoms with Gasteiger partial charge in [-0.3, -0.25) is 4.79 Å². The summed E-state index contributed by atoms with van der Waals surface area (Å²) in [6.07, 6.45) is 1.81. The molecule has 1 saturated heterocycles. The quantitative estimate of drug-likeness (QED) is 0.849. The Bertz CT molecular complexity index is 779. The molecule has 0 bridgehead atoms. The number of morpholine rings is 1. The molecule has 0 spiro atoms. The van der Waals surface area contributed by atoms with E-state index in [2.05, 4.69) is 23.9 Å². The predicted molar refractivity (Wildman–Crippen MR) is 93.2 cm³/mol. The van der Waals surface area contributed by atoms with Crippen LogP contribution in [0.25, 0.3) is 11.0 Å². The largest absolute Gasteiger partial charge is 0.369 e. The molecule has 0 aliphatic carbocycles. The molecule has 1 aliphatic rings. The average molecular weight is 330 g/mol. The molecule has 2 aromatic rings. The van der Waals surface area contributed by atoms with Gasteiger partial charge >= 0.3 is 0 Å². The van der Waals surface area contributed by atoms with Crippen LogP contribution in [0.4, 0.5) is 0 Å². The number of aryl methyl sites for hydroxylation is 1. The average Bonchev–Trinajstić information content (AvgIpc) is 2.86. The Kier molecular flexibility index (Phi) is 4.11. The molecular weight excluding hydrogens is 304 g/mol. The van der Waals surface area contributed by atoms with Crippen molar-refractivity contribution in [3.05, 3.63) is 23.5 Å². The summed E-state index contributed by atoms with van der Waals surface area (Å²) >= 11 is 0. The molecule has 0 saturated carbocycles. The second-order valence-electron chi connectivity index (χ2n) is 7.59. The minimum atomic E-state index is -0.332. The molecule has 3 rings (SSSR count). The van der Waals surface area contributed by atoms with E-state index in [1.807, 2.05) is 43.3 Å². The molecule has 2 aromatic heterocycles. The number of carbonyl (C=O) groups is 1. The second kappa shape index (κ2) is 5.84. The van der Waals surface area contributed by atoms with Crippen molar-refractivity contribution in [1.29, 1.82) is 0 Å². The fourth-order valence-electron chi connectivity index (χ4n) is 3.44. The van der Waals surface area contributed by atoms with Crippen LogP contribution in [0.2, 0.25) is 0 Å². The van der Waals surface area contributed by atoms with Gasteiger partial charge in [-0.1, -0.05) is 0 Å². The molecule has 6 heteroatoms. The predicted octanol–water partition coefficient (Wildman–Crippen LogP) is 2.96. The van der Waals surface area contributed by atoms with Crippen molar-refractivity contribution in [2.45, 2.75) is 59.3 Å². The first-order chi connectivity index (χ1) is 11.2. The summed E-state index contributed by atoms with van der Waals surface area (Å²) in [5.41, 5.74) is 1.89. The number of carbonyl (C=O) groups excluding carboxylic acids is 1. The van der Waals surface area contributed by atoms with E-state index in [4.69, 9.17) is 4.74 Å². The van der Waals surface area contributed by atoms with Gasteiger partial charge < -0.3 is 9.64 Å². The Labute approximate surface area is 142 Å². The van der Waals surface area contributed by atoms with Crippen molar-refractivity contribution in [3.63, 3.8) is 0 Å². The number of rotatable bonds is 2. The topological polar surface area (TPSA) is 60.2 Å². The van der Waals surface area contributed by atoms with E-state index in [-0.39, 0.29) is 23.7 Å². The molecule has 0 radical (unpaired) electrons. The van der Waals surface area contributed by atoms with Gasteiger partial charge in [0.1, 0.15) is 0 Å². The fraction of sp³-hybridized carbons (Fsp3) is 0.611. The molecule has 1 amide bonds. The third kappa shape index (κ3) is 3.02. The maximum Gasteiger partial charge on any atom is 0.255 e. The zero-order valence-corrected chi connectivity index (χ0v) is 15.3. The van der Waals surface area contributed by atoms with Crippen molar-refractivity contribution in [2.24, 2.45) is 0 Å².